The van der Waals surface area contributed by atoms with Crippen LogP contribution >= 0.6 is 0 Å². The van der Waals surface area contributed by atoms with Crippen LogP contribution in [-0.4, -0.2) is 6.04 Å². The van der Waals surface area contributed by atoms with Crippen LogP contribution in [0, 0.1) is 11.2 Å². The van der Waals surface area contributed by atoms with Gasteiger partial charge < -0.3 is 5.73 Å². The predicted octanol–water partition coefficient (Wildman–Crippen LogP) is 2.28. The fraction of sp³-hybridized carbons (Fsp3) is 0.455. The fourth-order valence-electron chi connectivity index (χ4n) is 2.00. The predicted molar refractivity (Wildman–Crippen MR) is 50.9 cm³/mol. The number of rotatable bonds is 1. The van der Waals surface area contributed by atoms with E-state index in [-0.39, 0.29) is 23.2 Å². The second kappa shape index (κ2) is 2.55. The van der Waals surface area contributed by atoms with E-state index in [0.29, 0.717) is 0 Å². The van der Waals surface area contributed by atoms with E-state index in [1.807, 2.05) is 12.1 Å². The maximum absolute atomic E-state index is 13.3. The molecule has 1 aliphatic rings. The molecule has 1 nitrogen and oxygen atoms in total. The first-order valence-electron chi connectivity index (χ1n) is 4.55. The molecule has 2 heteroatoms. The third-order valence-corrected chi connectivity index (χ3v) is 3.15. The van der Waals surface area contributed by atoms with Crippen LogP contribution in [0.2, 0.25) is 0 Å². The van der Waals surface area contributed by atoms with Crippen molar-refractivity contribution in [1.29, 1.82) is 0 Å². The average Bonchev–Trinajstić information content (AvgIpc) is 2.54. The van der Waals surface area contributed by atoms with Gasteiger partial charge in [-0.25, -0.2) is 4.39 Å². The van der Waals surface area contributed by atoms with E-state index in [1.54, 1.807) is 6.07 Å². The molecule has 13 heavy (non-hydrogen) atoms. The number of halogens is 1. The molecule has 0 heterocycles. The monoisotopic (exact) mass is 179 g/mol. The summed E-state index contributed by atoms with van der Waals surface area (Å²) >= 11 is 0. The van der Waals surface area contributed by atoms with Crippen molar-refractivity contribution in [3.8, 4) is 0 Å². The van der Waals surface area contributed by atoms with Gasteiger partial charge in [-0.05, 0) is 17.0 Å². The Hall–Kier alpha value is -0.890. The van der Waals surface area contributed by atoms with E-state index in [4.69, 9.17) is 5.73 Å². The molecule has 0 spiro atoms. The zero-order chi connectivity index (χ0) is 9.64. The second-order valence-corrected chi connectivity index (χ2v) is 4.35. The normalized spacial score (nSPS) is 30.2. The summed E-state index contributed by atoms with van der Waals surface area (Å²) < 4.78 is 13.3. The van der Waals surface area contributed by atoms with Gasteiger partial charge in [-0.1, -0.05) is 32.0 Å². The van der Waals surface area contributed by atoms with Crippen molar-refractivity contribution in [2.24, 2.45) is 11.1 Å². The van der Waals surface area contributed by atoms with Crippen LogP contribution in [0.1, 0.15) is 25.3 Å². The SMILES string of the molecule is CC1(C)[C@@H](N)[C@@H]1c1ccccc1F. The minimum Gasteiger partial charge on any atom is -0.327 e. The van der Waals surface area contributed by atoms with E-state index >= 15 is 0 Å². The maximum atomic E-state index is 13.3. The van der Waals surface area contributed by atoms with Gasteiger partial charge >= 0.3 is 0 Å². The van der Waals surface area contributed by atoms with E-state index < -0.39 is 0 Å². The Labute approximate surface area is 77.8 Å². The van der Waals surface area contributed by atoms with Crippen molar-refractivity contribution >= 4 is 0 Å². The Morgan fingerprint density at radius 2 is 1.85 bits per heavy atom. The van der Waals surface area contributed by atoms with Crippen molar-refractivity contribution < 1.29 is 4.39 Å². The zero-order valence-corrected chi connectivity index (χ0v) is 7.92. The highest BCUT2D eigenvalue weighted by Gasteiger charge is 2.56. The van der Waals surface area contributed by atoms with Crippen LogP contribution in [0.3, 0.4) is 0 Å². The molecule has 2 atom stereocenters. The van der Waals surface area contributed by atoms with E-state index in [1.165, 1.54) is 6.07 Å². The molecule has 1 saturated carbocycles. The molecule has 1 aromatic carbocycles. The van der Waals surface area contributed by atoms with Gasteiger partial charge in [0.05, 0.1) is 0 Å². The van der Waals surface area contributed by atoms with Gasteiger partial charge in [0.1, 0.15) is 5.82 Å². The Balaban J connectivity index is 2.34. The van der Waals surface area contributed by atoms with Crippen LogP contribution < -0.4 is 5.73 Å². The third-order valence-electron chi connectivity index (χ3n) is 3.15. The maximum Gasteiger partial charge on any atom is 0.126 e. The summed E-state index contributed by atoms with van der Waals surface area (Å²) in [5.74, 6) is 0.0576. The number of benzene rings is 1. The molecule has 0 saturated heterocycles. The first-order valence-corrected chi connectivity index (χ1v) is 4.55. The lowest BCUT2D eigenvalue weighted by atomic mass is 10.0. The van der Waals surface area contributed by atoms with Gasteiger partial charge in [-0.2, -0.15) is 0 Å². The highest BCUT2D eigenvalue weighted by atomic mass is 19.1. The molecule has 0 aromatic heterocycles. The first-order chi connectivity index (χ1) is 6.05. The third kappa shape index (κ3) is 1.17. The van der Waals surface area contributed by atoms with Crippen molar-refractivity contribution in [3.63, 3.8) is 0 Å². The molecule has 0 amide bonds. The van der Waals surface area contributed by atoms with Gasteiger partial charge in [0, 0.05) is 12.0 Å². The van der Waals surface area contributed by atoms with Crippen molar-refractivity contribution in [2.45, 2.75) is 25.8 Å². The fourth-order valence-corrected chi connectivity index (χ4v) is 2.00. The summed E-state index contributed by atoms with van der Waals surface area (Å²) in [6.07, 6.45) is 0. The highest BCUT2D eigenvalue weighted by molar-refractivity contribution is 5.34. The smallest absolute Gasteiger partial charge is 0.126 e. The number of hydrogen-bond acceptors (Lipinski definition) is 1. The van der Waals surface area contributed by atoms with Crippen LogP contribution in [0.5, 0.6) is 0 Å². The second-order valence-electron chi connectivity index (χ2n) is 4.35. The Morgan fingerprint density at radius 3 is 2.31 bits per heavy atom. The molecule has 0 aliphatic heterocycles. The van der Waals surface area contributed by atoms with Gasteiger partial charge in [0.25, 0.3) is 0 Å². The van der Waals surface area contributed by atoms with Crippen LogP contribution in [0.15, 0.2) is 24.3 Å². The number of hydrogen-bond donors (Lipinski definition) is 1. The summed E-state index contributed by atoms with van der Waals surface area (Å²) in [5, 5.41) is 0. The lowest BCUT2D eigenvalue weighted by Gasteiger charge is -2.03. The highest BCUT2D eigenvalue weighted by Crippen LogP contribution is 2.57. The van der Waals surface area contributed by atoms with Crippen LogP contribution in [0.25, 0.3) is 0 Å². The molecule has 0 radical (unpaired) electrons. The van der Waals surface area contributed by atoms with Gasteiger partial charge in [-0.15, -0.1) is 0 Å². The zero-order valence-electron chi connectivity index (χ0n) is 7.92. The van der Waals surface area contributed by atoms with E-state index in [0.717, 1.165) is 5.56 Å². The molecular formula is C11H14FN. The number of nitrogens with two attached hydrogens (primary N) is 1. The molecular weight excluding hydrogens is 165 g/mol. The minimum absolute atomic E-state index is 0.0577. The van der Waals surface area contributed by atoms with Crippen molar-refractivity contribution in [2.75, 3.05) is 0 Å². The van der Waals surface area contributed by atoms with Crippen molar-refractivity contribution in [3.05, 3.63) is 35.6 Å². The molecule has 1 aliphatic carbocycles. The van der Waals surface area contributed by atoms with Crippen LogP contribution in [0.4, 0.5) is 4.39 Å². The van der Waals surface area contributed by atoms with Crippen LogP contribution in [-0.2, 0) is 0 Å². The molecule has 0 bridgehead atoms. The molecule has 1 fully saturated rings. The molecule has 1 aromatic rings. The topological polar surface area (TPSA) is 26.0 Å². The summed E-state index contributed by atoms with van der Waals surface area (Å²) in [6, 6.07) is 6.99. The summed E-state index contributed by atoms with van der Waals surface area (Å²) in [5.41, 5.74) is 6.70. The minimum atomic E-state index is -0.131. The van der Waals surface area contributed by atoms with E-state index in [2.05, 4.69) is 13.8 Å². The quantitative estimate of drug-likeness (QED) is 0.703. The summed E-state index contributed by atoms with van der Waals surface area (Å²) in [6.45, 7) is 4.16. The summed E-state index contributed by atoms with van der Waals surface area (Å²) in [7, 11) is 0. The molecule has 0 unspecified atom stereocenters. The van der Waals surface area contributed by atoms with Gasteiger partial charge in [-0.3, -0.25) is 0 Å². The molecule has 70 valence electrons. The average molecular weight is 179 g/mol. The standard InChI is InChI=1S/C11H14FN/c1-11(2)9(10(11)13)7-5-3-4-6-8(7)12/h3-6,9-10H,13H2,1-2H3/t9-,10-/m0/s1. The van der Waals surface area contributed by atoms with Gasteiger partial charge in [0.15, 0.2) is 0 Å². The van der Waals surface area contributed by atoms with Gasteiger partial charge in [0.2, 0.25) is 0 Å². The molecule has 2 N–H and O–H groups in total. The molecule has 2 rings (SSSR count). The summed E-state index contributed by atoms with van der Waals surface area (Å²) in [4.78, 5) is 0. The Kier molecular flexibility index (Phi) is 1.70. The Bertz CT molecular complexity index is 333. The van der Waals surface area contributed by atoms with Crippen molar-refractivity contribution in [1.82, 2.24) is 0 Å². The largest absolute Gasteiger partial charge is 0.327 e. The first kappa shape index (κ1) is 8.70. The Morgan fingerprint density at radius 1 is 1.31 bits per heavy atom. The lowest BCUT2D eigenvalue weighted by molar-refractivity contribution is 0.571. The lowest BCUT2D eigenvalue weighted by Crippen LogP contribution is -2.06. The van der Waals surface area contributed by atoms with E-state index in [9.17, 15) is 4.39 Å².